The lowest BCUT2D eigenvalue weighted by atomic mass is 9.77. The molecule has 2 fully saturated rings. The Morgan fingerprint density at radius 2 is 2.14 bits per heavy atom. The van der Waals surface area contributed by atoms with Crippen molar-refractivity contribution in [1.29, 1.82) is 0 Å². The Bertz CT molecular complexity index is 897. The molecule has 8 heteroatoms. The Hall–Kier alpha value is -2.16. The Kier molecular flexibility index (Phi) is 4.49. The molecule has 0 bridgehead atoms. The van der Waals surface area contributed by atoms with Crippen LogP contribution >= 0.6 is 0 Å². The monoisotopic (exact) mass is 385 g/mol. The number of hydroxylamine groups is 1. The number of nitrogens with zero attached hydrogens (tertiary/aromatic N) is 3. The molecule has 2 aliphatic heterocycles. The van der Waals surface area contributed by atoms with Crippen LogP contribution in [0.1, 0.15) is 38.2 Å². The van der Waals surface area contributed by atoms with Crippen LogP contribution in [0.2, 0.25) is 0 Å². The van der Waals surface area contributed by atoms with E-state index in [2.05, 4.69) is 28.9 Å². The second-order valence-electron chi connectivity index (χ2n) is 7.87. The van der Waals surface area contributed by atoms with Crippen LogP contribution < -0.4 is 10.8 Å². The molecule has 5 rings (SSSR count). The topological polar surface area (TPSA) is 82.5 Å². The number of aryl methyl sites for hydroxylation is 1. The lowest BCUT2D eigenvalue weighted by molar-refractivity contribution is -0.147. The van der Waals surface area contributed by atoms with Crippen molar-refractivity contribution in [2.45, 2.75) is 56.9 Å². The van der Waals surface area contributed by atoms with Gasteiger partial charge in [-0.15, -0.1) is 0 Å². The number of methoxy groups -OCH3 is 1. The Labute approximate surface area is 164 Å². The zero-order valence-electron chi connectivity index (χ0n) is 16.4. The molecule has 0 amide bonds. The van der Waals surface area contributed by atoms with Crippen molar-refractivity contribution in [3.05, 3.63) is 24.0 Å². The summed E-state index contributed by atoms with van der Waals surface area (Å²) in [7, 11) is 1.75. The molecule has 2 N–H and O–H groups in total. The normalized spacial score (nSPS) is 27.6. The van der Waals surface area contributed by atoms with Crippen LogP contribution in [0.15, 0.2) is 18.5 Å². The molecule has 1 saturated heterocycles. The molecule has 0 unspecified atom stereocenters. The van der Waals surface area contributed by atoms with E-state index in [9.17, 15) is 0 Å². The van der Waals surface area contributed by atoms with Gasteiger partial charge in [0, 0.05) is 57.5 Å². The number of hydrogen-bond acceptors (Lipinski definition) is 7. The molecule has 0 aromatic carbocycles. The average molecular weight is 385 g/mol. The molecule has 4 heterocycles. The van der Waals surface area contributed by atoms with Crippen LogP contribution in [-0.2, 0) is 20.9 Å². The van der Waals surface area contributed by atoms with E-state index in [1.807, 2.05) is 17.1 Å². The number of rotatable bonds is 5. The SMILES string of the molecule is CCn1ncc2c(NC3CCOCC3)c(C3=CC4(CC(OC)C4)ON3)cnc21. The number of anilines is 1. The summed E-state index contributed by atoms with van der Waals surface area (Å²) >= 11 is 0. The fraction of sp³-hybridized carbons (Fsp3) is 0.600. The number of pyridine rings is 1. The summed E-state index contributed by atoms with van der Waals surface area (Å²) in [5.41, 5.74) is 6.83. The van der Waals surface area contributed by atoms with Gasteiger partial charge < -0.3 is 14.8 Å². The van der Waals surface area contributed by atoms with E-state index >= 15 is 0 Å². The van der Waals surface area contributed by atoms with Gasteiger partial charge in [-0.2, -0.15) is 5.10 Å². The van der Waals surface area contributed by atoms with Crippen molar-refractivity contribution in [3.63, 3.8) is 0 Å². The van der Waals surface area contributed by atoms with Gasteiger partial charge in [0.15, 0.2) is 5.65 Å². The van der Waals surface area contributed by atoms with E-state index in [4.69, 9.17) is 19.3 Å². The first-order valence-electron chi connectivity index (χ1n) is 10.1. The standard InChI is InChI=1S/C20H27N5O3/c1-3-25-19-16(12-22-25)18(23-13-4-6-27-7-5-13)15(11-21-19)17-10-20(28-24-17)8-14(9-20)26-2/h10-14,24H,3-9H2,1-2H3,(H,21,23). The summed E-state index contributed by atoms with van der Waals surface area (Å²) in [5, 5.41) is 9.31. The molecule has 1 aliphatic carbocycles. The molecule has 1 spiro atoms. The van der Waals surface area contributed by atoms with E-state index in [0.717, 1.165) is 73.4 Å². The minimum Gasteiger partial charge on any atom is -0.381 e. The first-order valence-corrected chi connectivity index (χ1v) is 10.1. The molecule has 2 aromatic heterocycles. The molecule has 0 radical (unpaired) electrons. The summed E-state index contributed by atoms with van der Waals surface area (Å²) in [6.07, 6.45) is 10.0. The second-order valence-corrected chi connectivity index (χ2v) is 7.87. The van der Waals surface area contributed by atoms with Crippen molar-refractivity contribution >= 4 is 22.4 Å². The number of hydrogen-bond donors (Lipinski definition) is 2. The third-order valence-electron chi connectivity index (χ3n) is 6.08. The summed E-state index contributed by atoms with van der Waals surface area (Å²) in [4.78, 5) is 10.6. The summed E-state index contributed by atoms with van der Waals surface area (Å²) in [6.45, 7) is 4.45. The lowest BCUT2D eigenvalue weighted by Crippen LogP contribution is -2.47. The molecule has 8 nitrogen and oxygen atoms in total. The summed E-state index contributed by atoms with van der Waals surface area (Å²) in [5.74, 6) is 0. The van der Waals surface area contributed by atoms with Crippen LogP contribution in [0.4, 0.5) is 5.69 Å². The third kappa shape index (κ3) is 2.96. The highest BCUT2D eigenvalue weighted by Crippen LogP contribution is 2.44. The smallest absolute Gasteiger partial charge is 0.159 e. The highest BCUT2D eigenvalue weighted by Gasteiger charge is 2.48. The van der Waals surface area contributed by atoms with Crippen LogP contribution in [0.5, 0.6) is 0 Å². The Morgan fingerprint density at radius 1 is 1.32 bits per heavy atom. The molecule has 28 heavy (non-hydrogen) atoms. The summed E-state index contributed by atoms with van der Waals surface area (Å²) < 4.78 is 12.9. The number of aromatic nitrogens is 3. The predicted molar refractivity (Wildman–Crippen MR) is 106 cm³/mol. The van der Waals surface area contributed by atoms with Gasteiger partial charge in [-0.3, -0.25) is 10.3 Å². The fourth-order valence-corrected chi connectivity index (χ4v) is 4.35. The van der Waals surface area contributed by atoms with E-state index < -0.39 is 0 Å². The van der Waals surface area contributed by atoms with Gasteiger partial charge in [0.25, 0.3) is 0 Å². The van der Waals surface area contributed by atoms with Gasteiger partial charge >= 0.3 is 0 Å². The predicted octanol–water partition coefficient (Wildman–Crippen LogP) is 2.47. The molecule has 2 aromatic rings. The minimum absolute atomic E-state index is 0.264. The van der Waals surface area contributed by atoms with Crippen LogP contribution in [-0.4, -0.2) is 52.8 Å². The van der Waals surface area contributed by atoms with Crippen molar-refractivity contribution in [2.24, 2.45) is 0 Å². The maximum absolute atomic E-state index is 5.94. The van der Waals surface area contributed by atoms with Gasteiger partial charge in [0.05, 0.1) is 29.1 Å². The molecule has 0 atom stereocenters. The highest BCUT2D eigenvalue weighted by molar-refractivity contribution is 5.95. The minimum atomic E-state index is -0.269. The molecular weight excluding hydrogens is 358 g/mol. The van der Waals surface area contributed by atoms with Gasteiger partial charge in [0.2, 0.25) is 0 Å². The zero-order chi connectivity index (χ0) is 19.1. The van der Waals surface area contributed by atoms with Crippen LogP contribution in [0.3, 0.4) is 0 Å². The van der Waals surface area contributed by atoms with Crippen molar-refractivity contribution in [1.82, 2.24) is 20.2 Å². The van der Waals surface area contributed by atoms with E-state index in [1.165, 1.54) is 0 Å². The largest absolute Gasteiger partial charge is 0.381 e. The molecule has 150 valence electrons. The van der Waals surface area contributed by atoms with E-state index in [0.29, 0.717) is 6.04 Å². The molecular formula is C20H27N5O3. The molecule has 1 saturated carbocycles. The Balaban J connectivity index is 1.52. The van der Waals surface area contributed by atoms with E-state index in [-0.39, 0.29) is 11.7 Å². The third-order valence-corrected chi connectivity index (χ3v) is 6.08. The molecule has 3 aliphatic rings. The van der Waals surface area contributed by atoms with Gasteiger partial charge in [-0.1, -0.05) is 0 Å². The second kappa shape index (κ2) is 7.02. The number of ether oxygens (including phenoxy) is 2. The summed E-state index contributed by atoms with van der Waals surface area (Å²) in [6, 6.07) is 0.376. The van der Waals surface area contributed by atoms with Crippen LogP contribution in [0.25, 0.3) is 16.7 Å². The van der Waals surface area contributed by atoms with Crippen LogP contribution in [0, 0.1) is 0 Å². The lowest BCUT2D eigenvalue weighted by Gasteiger charge is -2.40. The van der Waals surface area contributed by atoms with Crippen molar-refractivity contribution < 1.29 is 14.3 Å². The Morgan fingerprint density at radius 3 is 2.89 bits per heavy atom. The first-order chi connectivity index (χ1) is 13.7. The first kappa shape index (κ1) is 17.9. The zero-order valence-corrected chi connectivity index (χ0v) is 16.4. The number of fused-ring (bicyclic) bond motifs is 1. The quantitative estimate of drug-likeness (QED) is 0.818. The van der Waals surface area contributed by atoms with Crippen molar-refractivity contribution in [3.8, 4) is 0 Å². The maximum atomic E-state index is 5.94. The maximum Gasteiger partial charge on any atom is 0.159 e. The van der Waals surface area contributed by atoms with Gasteiger partial charge in [-0.25, -0.2) is 9.67 Å². The highest BCUT2D eigenvalue weighted by atomic mass is 16.7. The number of nitrogens with one attached hydrogen (secondary N) is 2. The van der Waals surface area contributed by atoms with Crippen molar-refractivity contribution in [2.75, 3.05) is 25.6 Å². The van der Waals surface area contributed by atoms with Gasteiger partial charge in [0.1, 0.15) is 5.60 Å². The van der Waals surface area contributed by atoms with E-state index in [1.54, 1.807) is 7.11 Å². The van der Waals surface area contributed by atoms with Gasteiger partial charge in [-0.05, 0) is 25.8 Å². The fourth-order valence-electron chi connectivity index (χ4n) is 4.35. The average Bonchev–Trinajstić information content (AvgIpc) is 3.32.